The van der Waals surface area contributed by atoms with E-state index in [-0.39, 0.29) is 18.6 Å². The largest absolute Gasteiger partial charge is 0.485 e. The van der Waals surface area contributed by atoms with Crippen LogP contribution in [0, 0.1) is 0 Å². The molecule has 5 nitrogen and oxygen atoms in total. The number of nitrogens with zero attached hydrogens (tertiary/aromatic N) is 1. The molecule has 1 unspecified atom stereocenters. The molecule has 1 aliphatic rings. The van der Waals surface area contributed by atoms with Gasteiger partial charge in [-0.05, 0) is 26.0 Å². The van der Waals surface area contributed by atoms with Gasteiger partial charge in [0.2, 0.25) is 6.10 Å². The predicted octanol–water partition coefficient (Wildman–Crippen LogP) is 1.74. The second kappa shape index (κ2) is 6.76. The molecule has 0 aromatic heterocycles. The fraction of sp³-hybridized carbons (Fsp3) is 0.467. The van der Waals surface area contributed by atoms with E-state index in [9.17, 15) is 4.79 Å². The van der Waals surface area contributed by atoms with Gasteiger partial charge in [-0.1, -0.05) is 24.4 Å². The third kappa shape index (κ3) is 3.85. The minimum absolute atomic E-state index is 0.0487. The summed E-state index contributed by atoms with van der Waals surface area (Å²) >= 11 is 4.88. The molecule has 0 radical (unpaired) electrons. The normalized spacial score (nSPS) is 16.6. The number of carbonyl (C=O) groups is 1. The van der Waals surface area contributed by atoms with E-state index < -0.39 is 6.10 Å². The van der Waals surface area contributed by atoms with Crippen molar-refractivity contribution in [2.75, 3.05) is 13.2 Å². The Morgan fingerprint density at radius 3 is 2.71 bits per heavy atom. The van der Waals surface area contributed by atoms with E-state index in [0.717, 1.165) is 0 Å². The molecule has 114 valence electrons. The number of amides is 1. The standard InChI is InChI=1S/C15H20N2O3S/c1-10(2)17(8-7-14(16)21)15(18)13-9-19-11-5-3-4-6-12(11)20-13/h3-6,10,13H,7-9H2,1-2H3,(H2,16,21). The smallest absolute Gasteiger partial charge is 0.267 e. The number of nitrogens with two attached hydrogens (primary N) is 1. The van der Waals surface area contributed by atoms with Crippen LogP contribution in [0.3, 0.4) is 0 Å². The van der Waals surface area contributed by atoms with Crippen LogP contribution in [0.15, 0.2) is 24.3 Å². The van der Waals surface area contributed by atoms with Gasteiger partial charge in [0.15, 0.2) is 11.5 Å². The van der Waals surface area contributed by atoms with Crippen molar-refractivity contribution in [2.45, 2.75) is 32.4 Å². The molecule has 1 aromatic carbocycles. The van der Waals surface area contributed by atoms with Gasteiger partial charge in [0, 0.05) is 19.0 Å². The molecule has 0 saturated heterocycles. The van der Waals surface area contributed by atoms with Gasteiger partial charge in [0.25, 0.3) is 5.91 Å². The number of hydrogen-bond donors (Lipinski definition) is 1. The van der Waals surface area contributed by atoms with E-state index in [1.165, 1.54) is 0 Å². The molecule has 2 N–H and O–H groups in total. The first-order chi connectivity index (χ1) is 9.99. The van der Waals surface area contributed by atoms with Crippen LogP contribution in [0.1, 0.15) is 20.3 Å². The first kappa shape index (κ1) is 15.6. The number of fused-ring (bicyclic) bond motifs is 1. The summed E-state index contributed by atoms with van der Waals surface area (Å²) in [5, 5.41) is 0. The Morgan fingerprint density at radius 2 is 2.10 bits per heavy atom. The lowest BCUT2D eigenvalue weighted by molar-refractivity contribution is -0.142. The fourth-order valence-corrected chi connectivity index (χ4v) is 2.27. The summed E-state index contributed by atoms with van der Waals surface area (Å²) in [6, 6.07) is 7.38. The van der Waals surface area contributed by atoms with Crippen LogP contribution in [-0.4, -0.2) is 41.1 Å². The molecule has 1 aliphatic heterocycles. The Morgan fingerprint density at radius 1 is 1.43 bits per heavy atom. The van der Waals surface area contributed by atoms with Crippen molar-refractivity contribution < 1.29 is 14.3 Å². The molecular weight excluding hydrogens is 288 g/mol. The lowest BCUT2D eigenvalue weighted by Crippen LogP contribution is -2.49. The zero-order valence-electron chi connectivity index (χ0n) is 12.2. The SMILES string of the molecule is CC(C)N(CCC(N)=S)C(=O)C1COc2ccccc2O1. The van der Waals surface area contributed by atoms with E-state index in [4.69, 9.17) is 27.4 Å². The number of ether oxygens (including phenoxy) is 2. The molecular formula is C15H20N2O3S. The first-order valence-corrected chi connectivity index (χ1v) is 7.37. The number of hydrogen-bond acceptors (Lipinski definition) is 4. The van der Waals surface area contributed by atoms with Crippen LogP contribution in [0.5, 0.6) is 11.5 Å². The highest BCUT2D eigenvalue weighted by molar-refractivity contribution is 7.80. The van der Waals surface area contributed by atoms with Gasteiger partial charge in [-0.3, -0.25) is 4.79 Å². The minimum Gasteiger partial charge on any atom is -0.485 e. The number of carbonyl (C=O) groups excluding carboxylic acids is 1. The monoisotopic (exact) mass is 308 g/mol. The second-order valence-electron chi connectivity index (χ2n) is 5.21. The van der Waals surface area contributed by atoms with Crippen LogP contribution >= 0.6 is 12.2 Å². The molecule has 6 heteroatoms. The number of rotatable bonds is 5. The summed E-state index contributed by atoms with van der Waals surface area (Å²) in [5.41, 5.74) is 5.52. The van der Waals surface area contributed by atoms with Crippen molar-refractivity contribution >= 4 is 23.1 Å². The average molecular weight is 308 g/mol. The van der Waals surface area contributed by atoms with Gasteiger partial charge < -0.3 is 20.1 Å². The highest BCUT2D eigenvalue weighted by Gasteiger charge is 2.32. The lowest BCUT2D eigenvalue weighted by Gasteiger charge is -2.33. The van der Waals surface area contributed by atoms with Crippen LogP contribution < -0.4 is 15.2 Å². The third-order valence-corrected chi connectivity index (χ3v) is 3.49. The molecule has 1 heterocycles. The molecule has 21 heavy (non-hydrogen) atoms. The fourth-order valence-electron chi connectivity index (χ4n) is 2.18. The Labute approximate surface area is 130 Å². The molecule has 1 aromatic rings. The van der Waals surface area contributed by atoms with Crippen molar-refractivity contribution in [3.63, 3.8) is 0 Å². The lowest BCUT2D eigenvalue weighted by atomic mass is 10.2. The van der Waals surface area contributed by atoms with Crippen molar-refractivity contribution in [1.29, 1.82) is 0 Å². The number of thiocarbonyl (C=S) groups is 1. The van der Waals surface area contributed by atoms with Crippen molar-refractivity contribution in [2.24, 2.45) is 5.73 Å². The molecule has 2 rings (SSSR count). The zero-order valence-corrected chi connectivity index (χ0v) is 13.1. The summed E-state index contributed by atoms with van der Waals surface area (Å²) in [4.78, 5) is 14.7. The molecule has 0 fully saturated rings. The van der Waals surface area contributed by atoms with Crippen LogP contribution in [0.4, 0.5) is 0 Å². The van der Waals surface area contributed by atoms with Crippen molar-refractivity contribution in [3.05, 3.63) is 24.3 Å². The van der Waals surface area contributed by atoms with Gasteiger partial charge in [-0.15, -0.1) is 0 Å². The van der Waals surface area contributed by atoms with Gasteiger partial charge in [0.1, 0.15) is 6.61 Å². The summed E-state index contributed by atoms with van der Waals surface area (Å²) in [5.74, 6) is 1.16. The highest BCUT2D eigenvalue weighted by Crippen LogP contribution is 2.31. The van der Waals surface area contributed by atoms with E-state index in [2.05, 4.69) is 0 Å². The maximum atomic E-state index is 12.6. The van der Waals surface area contributed by atoms with E-state index in [1.54, 1.807) is 11.0 Å². The molecule has 0 aliphatic carbocycles. The maximum Gasteiger partial charge on any atom is 0.267 e. The Bertz CT molecular complexity index is 533. The van der Waals surface area contributed by atoms with Gasteiger partial charge >= 0.3 is 0 Å². The van der Waals surface area contributed by atoms with Crippen molar-refractivity contribution in [1.82, 2.24) is 4.90 Å². The van der Waals surface area contributed by atoms with Crippen LogP contribution in [0.2, 0.25) is 0 Å². The van der Waals surface area contributed by atoms with Gasteiger partial charge in [0.05, 0.1) is 4.99 Å². The average Bonchev–Trinajstić information content (AvgIpc) is 2.46. The molecule has 0 bridgehead atoms. The second-order valence-corrected chi connectivity index (χ2v) is 5.73. The van der Waals surface area contributed by atoms with Crippen LogP contribution in [0.25, 0.3) is 0 Å². The van der Waals surface area contributed by atoms with E-state index in [0.29, 0.717) is 29.5 Å². The Balaban J connectivity index is 2.06. The van der Waals surface area contributed by atoms with E-state index in [1.807, 2.05) is 32.0 Å². The molecule has 1 amide bonds. The topological polar surface area (TPSA) is 64.8 Å². The third-order valence-electron chi connectivity index (χ3n) is 3.29. The zero-order chi connectivity index (χ0) is 15.4. The predicted molar refractivity (Wildman–Crippen MR) is 84.6 cm³/mol. The van der Waals surface area contributed by atoms with Gasteiger partial charge in [-0.25, -0.2) is 0 Å². The number of benzene rings is 1. The Hall–Kier alpha value is -1.82. The molecule has 0 saturated carbocycles. The minimum atomic E-state index is -0.631. The summed E-state index contributed by atoms with van der Waals surface area (Å²) in [6.45, 7) is 4.61. The number of para-hydroxylation sites is 2. The van der Waals surface area contributed by atoms with Gasteiger partial charge in [-0.2, -0.15) is 0 Å². The summed E-state index contributed by atoms with van der Waals surface area (Å²) < 4.78 is 11.3. The molecule has 0 spiro atoms. The summed E-state index contributed by atoms with van der Waals surface area (Å²) in [7, 11) is 0. The van der Waals surface area contributed by atoms with E-state index >= 15 is 0 Å². The molecule has 1 atom stereocenters. The summed E-state index contributed by atoms with van der Waals surface area (Å²) in [6.07, 6.45) is -0.127. The quantitative estimate of drug-likeness (QED) is 0.839. The van der Waals surface area contributed by atoms with Crippen LogP contribution in [-0.2, 0) is 4.79 Å². The highest BCUT2D eigenvalue weighted by atomic mass is 32.1. The maximum absolute atomic E-state index is 12.6. The first-order valence-electron chi connectivity index (χ1n) is 6.96. The van der Waals surface area contributed by atoms with Crippen molar-refractivity contribution in [3.8, 4) is 11.5 Å². The Kier molecular flexibility index (Phi) is 5.01.